The highest BCUT2D eigenvalue weighted by Crippen LogP contribution is 2.01. The van der Waals surface area contributed by atoms with E-state index in [1.165, 1.54) is 4.31 Å². The lowest BCUT2D eigenvalue weighted by atomic mass is 10.3. The van der Waals surface area contributed by atoms with Crippen LogP contribution in [0.3, 0.4) is 0 Å². The Hall–Kier alpha value is -0.250. The van der Waals surface area contributed by atoms with Gasteiger partial charge < -0.3 is 14.8 Å². The van der Waals surface area contributed by atoms with Crippen LogP contribution < -0.4 is 10.0 Å². The van der Waals surface area contributed by atoms with Crippen LogP contribution in [-0.2, 0) is 19.7 Å². The summed E-state index contributed by atoms with van der Waals surface area (Å²) in [5.74, 6) is 0. The molecule has 1 fully saturated rings. The lowest BCUT2D eigenvalue weighted by Gasteiger charge is -2.24. The summed E-state index contributed by atoms with van der Waals surface area (Å²) in [6.07, 6.45) is 1.68. The maximum atomic E-state index is 12.0. The second kappa shape index (κ2) is 9.64. The Kier molecular flexibility index (Phi) is 8.58. The SMILES string of the molecule is CCCNCCCN(C)S(=O)(=O)NCC1COCCO1. The Labute approximate surface area is 122 Å². The van der Waals surface area contributed by atoms with Crippen molar-refractivity contribution in [2.24, 2.45) is 0 Å². The Morgan fingerprint density at radius 2 is 2.10 bits per heavy atom. The van der Waals surface area contributed by atoms with Gasteiger partial charge >= 0.3 is 0 Å². The van der Waals surface area contributed by atoms with Crippen molar-refractivity contribution in [3.63, 3.8) is 0 Å². The molecule has 1 aliphatic rings. The van der Waals surface area contributed by atoms with Gasteiger partial charge in [-0.25, -0.2) is 0 Å². The molecule has 0 saturated carbocycles. The summed E-state index contributed by atoms with van der Waals surface area (Å²) in [6.45, 7) is 6.17. The summed E-state index contributed by atoms with van der Waals surface area (Å²) in [5.41, 5.74) is 0. The van der Waals surface area contributed by atoms with E-state index in [0.29, 0.717) is 26.4 Å². The van der Waals surface area contributed by atoms with Gasteiger partial charge in [0, 0.05) is 20.1 Å². The summed E-state index contributed by atoms with van der Waals surface area (Å²) in [7, 11) is -1.85. The summed E-state index contributed by atoms with van der Waals surface area (Å²) in [5, 5.41) is 3.25. The maximum absolute atomic E-state index is 12.0. The van der Waals surface area contributed by atoms with Crippen LogP contribution in [0.5, 0.6) is 0 Å². The van der Waals surface area contributed by atoms with E-state index in [1.54, 1.807) is 7.05 Å². The van der Waals surface area contributed by atoms with Gasteiger partial charge in [0.15, 0.2) is 0 Å². The zero-order valence-corrected chi connectivity index (χ0v) is 13.2. The number of rotatable bonds is 10. The highest BCUT2D eigenvalue weighted by atomic mass is 32.2. The average molecular weight is 309 g/mol. The number of hydrogen-bond acceptors (Lipinski definition) is 5. The van der Waals surface area contributed by atoms with Gasteiger partial charge in [0.05, 0.1) is 25.9 Å². The first-order valence-corrected chi connectivity index (χ1v) is 8.61. The normalized spacial score (nSPS) is 20.4. The van der Waals surface area contributed by atoms with Crippen LogP contribution in [0, 0.1) is 0 Å². The van der Waals surface area contributed by atoms with E-state index >= 15 is 0 Å². The molecule has 0 amide bonds. The van der Waals surface area contributed by atoms with Crippen LogP contribution in [0.2, 0.25) is 0 Å². The van der Waals surface area contributed by atoms with Gasteiger partial charge in [0.25, 0.3) is 10.2 Å². The topological polar surface area (TPSA) is 79.9 Å². The van der Waals surface area contributed by atoms with Crippen molar-refractivity contribution in [1.82, 2.24) is 14.3 Å². The van der Waals surface area contributed by atoms with Gasteiger partial charge in [0.1, 0.15) is 0 Å². The number of hydrogen-bond donors (Lipinski definition) is 2. The molecule has 2 N–H and O–H groups in total. The van der Waals surface area contributed by atoms with Crippen LogP contribution in [0.4, 0.5) is 0 Å². The monoisotopic (exact) mass is 309 g/mol. The highest BCUT2D eigenvalue weighted by Gasteiger charge is 2.21. The van der Waals surface area contributed by atoms with Crippen LogP contribution in [0.1, 0.15) is 19.8 Å². The fourth-order valence-corrected chi connectivity index (χ4v) is 2.80. The molecule has 0 spiro atoms. The van der Waals surface area contributed by atoms with Gasteiger partial charge in [-0.1, -0.05) is 6.92 Å². The van der Waals surface area contributed by atoms with Crippen molar-refractivity contribution < 1.29 is 17.9 Å². The molecule has 1 aliphatic heterocycles. The van der Waals surface area contributed by atoms with Gasteiger partial charge in [-0.05, 0) is 25.9 Å². The lowest BCUT2D eigenvalue weighted by Crippen LogP contribution is -2.45. The number of nitrogens with zero attached hydrogens (tertiary/aromatic N) is 1. The van der Waals surface area contributed by atoms with Crippen molar-refractivity contribution in [1.29, 1.82) is 0 Å². The lowest BCUT2D eigenvalue weighted by molar-refractivity contribution is -0.0847. The van der Waals surface area contributed by atoms with E-state index in [4.69, 9.17) is 9.47 Å². The third-order valence-electron chi connectivity index (χ3n) is 3.04. The summed E-state index contributed by atoms with van der Waals surface area (Å²) < 4.78 is 38.5. The van der Waals surface area contributed by atoms with E-state index < -0.39 is 10.2 Å². The zero-order valence-electron chi connectivity index (χ0n) is 12.4. The molecular formula is C12H27N3O4S. The minimum Gasteiger partial charge on any atom is -0.376 e. The molecule has 1 heterocycles. The van der Waals surface area contributed by atoms with Crippen LogP contribution in [0.25, 0.3) is 0 Å². The third-order valence-corrected chi connectivity index (χ3v) is 4.58. The minimum absolute atomic E-state index is 0.196. The van der Waals surface area contributed by atoms with E-state index in [1.807, 2.05) is 0 Å². The van der Waals surface area contributed by atoms with Gasteiger partial charge in [-0.2, -0.15) is 17.4 Å². The molecule has 1 unspecified atom stereocenters. The molecule has 0 radical (unpaired) electrons. The van der Waals surface area contributed by atoms with Crippen LogP contribution >= 0.6 is 0 Å². The molecular weight excluding hydrogens is 282 g/mol. The number of nitrogens with one attached hydrogen (secondary N) is 2. The van der Waals surface area contributed by atoms with Crippen molar-refractivity contribution in [3.8, 4) is 0 Å². The molecule has 1 rings (SSSR count). The second-order valence-electron chi connectivity index (χ2n) is 4.85. The number of ether oxygens (including phenoxy) is 2. The molecule has 0 aromatic carbocycles. The summed E-state index contributed by atoms with van der Waals surface area (Å²) >= 11 is 0. The zero-order chi connectivity index (χ0) is 14.8. The molecule has 8 heteroatoms. The Balaban J connectivity index is 2.20. The Morgan fingerprint density at radius 3 is 2.75 bits per heavy atom. The smallest absolute Gasteiger partial charge is 0.279 e. The molecule has 120 valence electrons. The van der Waals surface area contributed by atoms with Crippen molar-refractivity contribution in [2.75, 3.05) is 53.0 Å². The molecule has 1 atom stereocenters. The largest absolute Gasteiger partial charge is 0.376 e. The average Bonchev–Trinajstić information content (AvgIpc) is 2.46. The third kappa shape index (κ3) is 6.96. The summed E-state index contributed by atoms with van der Waals surface area (Å²) in [4.78, 5) is 0. The Bertz CT molecular complexity index is 345. The van der Waals surface area contributed by atoms with E-state index in [-0.39, 0.29) is 12.6 Å². The van der Waals surface area contributed by atoms with Crippen LogP contribution in [-0.4, -0.2) is 71.9 Å². The molecule has 0 aromatic heterocycles. The van der Waals surface area contributed by atoms with Crippen LogP contribution in [0.15, 0.2) is 0 Å². The van der Waals surface area contributed by atoms with Gasteiger partial charge in [0.2, 0.25) is 0 Å². The second-order valence-corrected chi connectivity index (χ2v) is 6.71. The maximum Gasteiger partial charge on any atom is 0.279 e. The molecule has 0 aliphatic carbocycles. The molecule has 0 bridgehead atoms. The van der Waals surface area contributed by atoms with Gasteiger partial charge in [-0.3, -0.25) is 0 Å². The molecule has 1 saturated heterocycles. The minimum atomic E-state index is -3.43. The first-order valence-electron chi connectivity index (χ1n) is 7.17. The van der Waals surface area contributed by atoms with E-state index in [0.717, 1.165) is 25.9 Å². The quantitative estimate of drug-likeness (QED) is 0.535. The molecule has 7 nitrogen and oxygen atoms in total. The highest BCUT2D eigenvalue weighted by molar-refractivity contribution is 7.87. The summed E-state index contributed by atoms with van der Waals surface area (Å²) in [6, 6.07) is 0. The first-order chi connectivity index (χ1) is 9.56. The fourth-order valence-electron chi connectivity index (χ4n) is 1.81. The predicted molar refractivity (Wildman–Crippen MR) is 77.9 cm³/mol. The van der Waals surface area contributed by atoms with Crippen molar-refractivity contribution in [2.45, 2.75) is 25.9 Å². The fraction of sp³-hybridized carbons (Fsp3) is 1.00. The van der Waals surface area contributed by atoms with Crippen molar-refractivity contribution >= 4 is 10.2 Å². The van der Waals surface area contributed by atoms with E-state index in [9.17, 15) is 8.42 Å². The Morgan fingerprint density at radius 1 is 1.30 bits per heavy atom. The predicted octanol–water partition coefficient (Wildman–Crippen LogP) is -0.442. The first kappa shape index (κ1) is 17.8. The van der Waals surface area contributed by atoms with Gasteiger partial charge in [-0.15, -0.1) is 0 Å². The van der Waals surface area contributed by atoms with E-state index in [2.05, 4.69) is 17.0 Å². The standard InChI is InChI=1S/C12H27N3O4S/c1-3-5-13-6-4-7-15(2)20(16,17)14-10-12-11-18-8-9-19-12/h12-14H,3-11H2,1-2H3. The van der Waals surface area contributed by atoms with Crippen molar-refractivity contribution in [3.05, 3.63) is 0 Å². The molecule has 0 aromatic rings. The molecule has 20 heavy (non-hydrogen) atoms.